The summed E-state index contributed by atoms with van der Waals surface area (Å²) in [7, 11) is 0. The van der Waals surface area contributed by atoms with Gasteiger partial charge in [0.1, 0.15) is 13.2 Å². The van der Waals surface area contributed by atoms with Gasteiger partial charge in [0.05, 0.1) is 13.2 Å². The summed E-state index contributed by atoms with van der Waals surface area (Å²) in [6, 6.07) is 0. The van der Waals surface area contributed by atoms with Crippen molar-refractivity contribution >= 4 is 11.9 Å². The Morgan fingerprint density at radius 2 is 1.14 bits per heavy atom. The normalized spacial score (nSPS) is 12.0. The van der Waals surface area contributed by atoms with Gasteiger partial charge >= 0.3 is 11.9 Å². The smallest absolute Gasteiger partial charge is 0.332 e. The van der Waals surface area contributed by atoms with E-state index in [0.29, 0.717) is 19.1 Å². The lowest BCUT2D eigenvalue weighted by Crippen LogP contribution is -2.20. The van der Waals surface area contributed by atoms with Crippen molar-refractivity contribution in [2.75, 3.05) is 26.4 Å². The van der Waals surface area contributed by atoms with Gasteiger partial charge in [0.2, 0.25) is 0 Å². The first kappa shape index (κ1) is 26.9. The maximum atomic E-state index is 11.5. The number of esters is 2. The van der Waals surface area contributed by atoms with Crippen molar-refractivity contribution in [3.8, 4) is 0 Å². The van der Waals surface area contributed by atoms with E-state index in [4.69, 9.17) is 14.2 Å². The molecule has 0 radical (unpaired) electrons. The molecule has 0 aliphatic rings. The van der Waals surface area contributed by atoms with Crippen molar-refractivity contribution in [2.24, 2.45) is 5.92 Å². The van der Waals surface area contributed by atoms with Gasteiger partial charge in [-0.05, 0) is 12.3 Å². The predicted octanol–water partition coefficient (Wildman–Crippen LogP) is 5.84. The highest BCUT2D eigenvalue weighted by atomic mass is 16.6. The second-order valence-electron chi connectivity index (χ2n) is 7.80. The monoisotopic (exact) mass is 400 g/mol. The van der Waals surface area contributed by atoms with Crippen molar-refractivity contribution < 1.29 is 23.8 Å². The van der Waals surface area contributed by atoms with E-state index in [0.717, 1.165) is 19.3 Å². The van der Waals surface area contributed by atoms with Crippen LogP contribution in [-0.2, 0) is 23.8 Å². The molecule has 0 aliphatic carbocycles. The number of unbranched alkanes of at least 4 members (excludes halogenated alkanes) is 11. The van der Waals surface area contributed by atoms with Crippen LogP contribution < -0.4 is 0 Å². The zero-order chi connectivity index (χ0) is 20.9. The Labute approximate surface area is 172 Å². The van der Waals surface area contributed by atoms with Crippen molar-refractivity contribution in [1.29, 1.82) is 0 Å². The van der Waals surface area contributed by atoms with Crippen LogP contribution in [0.3, 0.4) is 0 Å². The summed E-state index contributed by atoms with van der Waals surface area (Å²) >= 11 is 0. The summed E-state index contributed by atoms with van der Waals surface area (Å²) in [5, 5.41) is 0. The minimum atomic E-state index is -0.436. The van der Waals surface area contributed by atoms with Gasteiger partial charge in [-0.25, -0.2) is 9.59 Å². The van der Waals surface area contributed by atoms with Gasteiger partial charge in [0.15, 0.2) is 0 Å². The number of hydrogen-bond acceptors (Lipinski definition) is 5. The molecule has 0 saturated carbocycles. The second kappa shape index (κ2) is 20.6. The fraction of sp³-hybridized carbons (Fsp3) is 0.913. The third kappa shape index (κ3) is 19.7. The fourth-order valence-corrected chi connectivity index (χ4v) is 2.78. The molecule has 1 atom stereocenters. The molecule has 0 fully saturated rings. The number of carbonyl (C=O) groups is 2. The maximum Gasteiger partial charge on any atom is 0.332 e. The molecule has 0 N–H and O–H groups in total. The van der Waals surface area contributed by atoms with Gasteiger partial charge in [-0.1, -0.05) is 97.8 Å². The Balaban J connectivity index is 3.30. The Bertz CT molecular complexity index is 370. The molecule has 0 aromatic rings. The van der Waals surface area contributed by atoms with Gasteiger partial charge in [-0.2, -0.15) is 0 Å². The summed E-state index contributed by atoms with van der Waals surface area (Å²) in [5.74, 6) is -0.517. The highest BCUT2D eigenvalue weighted by molar-refractivity contribution is 5.73. The summed E-state index contributed by atoms with van der Waals surface area (Å²) in [4.78, 5) is 23.0. The highest BCUT2D eigenvalue weighted by Crippen LogP contribution is 2.11. The van der Waals surface area contributed by atoms with Crippen LogP contribution in [-0.4, -0.2) is 38.4 Å². The summed E-state index contributed by atoms with van der Waals surface area (Å²) in [6.45, 7) is 6.73. The van der Waals surface area contributed by atoms with Gasteiger partial charge < -0.3 is 14.2 Å². The molecular weight excluding hydrogens is 356 g/mol. The first-order chi connectivity index (χ1) is 13.6. The Hall–Kier alpha value is -1.10. The Morgan fingerprint density at radius 1 is 0.679 bits per heavy atom. The van der Waals surface area contributed by atoms with Crippen LogP contribution in [0.1, 0.15) is 104 Å². The molecule has 0 aromatic carbocycles. The van der Waals surface area contributed by atoms with E-state index in [9.17, 15) is 9.59 Å². The SMILES string of the molecule is CCCCCCCCCCCCCCOC(=O)COCC(=O)OCC(C)CC. The number of ether oxygens (including phenoxy) is 3. The van der Waals surface area contributed by atoms with E-state index in [1.807, 2.05) is 13.8 Å². The average molecular weight is 401 g/mol. The molecular formula is C23H44O5. The van der Waals surface area contributed by atoms with Crippen molar-refractivity contribution in [1.82, 2.24) is 0 Å². The van der Waals surface area contributed by atoms with Crippen LogP contribution in [0.15, 0.2) is 0 Å². The summed E-state index contributed by atoms with van der Waals surface area (Å²) in [6.07, 6.45) is 16.3. The first-order valence-electron chi connectivity index (χ1n) is 11.5. The fourth-order valence-electron chi connectivity index (χ4n) is 2.78. The van der Waals surface area contributed by atoms with Gasteiger partial charge in [0.25, 0.3) is 0 Å². The zero-order valence-corrected chi connectivity index (χ0v) is 18.6. The number of hydrogen-bond donors (Lipinski definition) is 0. The van der Waals surface area contributed by atoms with Crippen molar-refractivity contribution in [3.05, 3.63) is 0 Å². The number of carbonyl (C=O) groups excluding carboxylic acids is 2. The third-order valence-electron chi connectivity index (χ3n) is 4.93. The topological polar surface area (TPSA) is 61.8 Å². The molecule has 0 heterocycles. The maximum absolute atomic E-state index is 11.5. The molecule has 5 nitrogen and oxygen atoms in total. The molecule has 0 saturated heterocycles. The third-order valence-corrected chi connectivity index (χ3v) is 4.93. The van der Waals surface area contributed by atoms with Crippen LogP contribution in [0.4, 0.5) is 0 Å². The Kier molecular flexibility index (Phi) is 19.8. The lowest BCUT2D eigenvalue weighted by molar-refractivity contribution is -0.156. The van der Waals surface area contributed by atoms with Crippen LogP contribution in [0, 0.1) is 5.92 Å². The van der Waals surface area contributed by atoms with Crippen molar-refractivity contribution in [3.63, 3.8) is 0 Å². The van der Waals surface area contributed by atoms with E-state index in [-0.39, 0.29) is 13.2 Å². The van der Waals surface area contributed by atoms with Crippen molar-refractivity contribution in [2.45, 2.75) is 104 Å². The van der Waals surface area contributed by atoms with Gasteiger partial charge in [0, 0.05) is 0 Å². The standard InChI is InChI=1S/C23H44O5/c1-4-6-7-8-9-10-11-12-13-14-15-16-17-27-22(24)19-26-20-23(25)28-18-21(3)5-2/h21H,4-20H2,1-3H3. The molecule has 0 amide bonds. The average Bonchev–Trinajstić information content (AvgIpc) is 2.69. The lowest BCUT2D eigenvalue weighted by atomic mass is 10.1. The van der Waals surface area contributed by atoms with Crippen LogP contribution in [0.25, 0.3) is 0 Å². The summed E-state index contributed by atoms with van der Waals surface area (Å²) in [5.41, 5.74) is 0. The first-order valence-corrected chi connectivity index (χ1v) is 11.5. The van der Waals surface area contributed by atoms with E-state index >= 15 is 0 Å². The van der Waals surface area contributed by atoms with Crippen LogP contribution in [0.2, 0.25) is 0 Å². The van der Waals surface area contributed by atoms with E-state index in [1.54, 1.807) is 0 Å². The minimum Gasteiger partial charge on any atom is -0.464 e. The molecule has 0 rings (SSSR count). The Morgan fingerprint density at radius 3 is 1.64 bits per heavy atom. The van der Waals surface area contributed by atoms with Gasteiger partial charge in [-0.3, -0.25) is 0 Å². The molecule has 28 heavy (non-hydrogen) atoms. The quantitative estimate of drug-likeness (QED) is 0.190. The lowest BCUT2D eigenvalue weighted by Gasteiger charge is -2.09. The van der Waals surface area contributed by atoms with E-state index in [1.165, 1.54) is 64.2 Å². The predicted molar refractivity (Wildman–Crippen MR) is 113 cm³/mol. The molecule has 0 aliphatic heterocycles. The minimum absolute atomic E-state index is 0.198. The van der Waals surface area contributed by atoms with Crippen LogP contribution >= 0.6 is 0 Å². The molecule has 0 spiro atoms. The molecule has 5 heteroatoms. The molecule has 0 bridgehead atoms. The van der Waals surface area contributed by atoms with E-state index < -0.39 is 11.9 Å². The zero-order valence-electron chi connectivity index (χ0n) is 18.6. The number of rotatable bonds is 20. The second-order valence-corrected chi connectivity index (χ2v) is 7.80. The highest BCUT2D eigenvalue weighted by Gasteiger charge is 2.09. The molecule has 166 valence electrons. The van der Waals surface area contributed by atoms with E-state index in [2.05, 4.69) is 6.92 Å². The van der Waals surface area contributed by atoms with Crippen LogP contribution in [0.5, 0.6) is 0 Å². The largest absolute Gasteiger partial charge is 0.464 e. The molecule has 0 aromatic heterocycles. The molecule has 1 unspecified atom stereocenters. The summed E-state index contributed by atoms with van der Waals surface area (Å²) < 4.78 is 15.2. The van der Waals surface area contributed by atoms with Gasteiger partial charge in [-0.15, -0.1) is 0 Å².